The van der Waals surface area contributed by atoms with E-state index < -0.39 is 18.1 Å². The molecule has 0 saturated heterocycles. The van der Waals surface area contributed by atoms with Crippen molar-refractivity contribution in [3.05, 3.63) is 34.2 Å². The lowest BCUT2D eigenvalue weighted by Gasteiger charge is -2.24. The number of nitrogens with zero attached hydrogens (tertiary/aromatic N) is 3. The fraction of sp³-hybridized carbons (Fsp3) is 0.385. The van der Waals surface area contributed by atoms with Gasteiger partial charge in [0.25, 0.3) is 5.91 Å². The first-order chi connectivity index (χ1) is 10.0. The van der Waals surface area contributed by atoms with Crippen molar-refractivity contribution in [3.63, 3.8) is 0 Å². The summed E-state index contributed by atoms with van der Waals surface area (Å²) in [5.74, 6) is -0.689. The number of carbonyl (C=O) groups excluding carboxylic acids is 1. The molecule has 110 valence electrons. The summed E-state index contributed by atoms with van der Waals surface area (Å²) in [5.41, 5.74) is 9.72. The number of hydrogen-bond donors (Lipinski definition) is 2. The lowest BCUT2D eigenvalue weighted by molar-refractivity contribution is -0.137. The Bertz CT molecular complexity index is 625. The molecule has 1 aromatic rings. The number of benzene rings is 1. The Hall–Kier alpha value is -2.73. The molecule has 0 spiro atoms. The van der Waals surface area contributed by atoms with Crippen molar-refractivity contribution >= 4 is 17.6 Å². The van der Waals surface area contributed by atoms with Crippen LogP contribution >= 0.6 is 0 Å². The number of ether oxygens (including phenoxy) is 1. The summed E-state index contributed by atoms with van der Waals surface area (Å²) in [7, 11) is 0. The zero-order valence-corrected chi connectivity index (χ0v) is 11.3. The van der Waals surface area contributed by atoms with E-state index in [1.807, 2.05) is 0 Å². The molecule has 8 heteroatoms. The molecule has 2 unspecified atom stereocenters. The standard InChI is InChI=1S/C13H14N4O4/c1-7-13(20)15-10-6-8(2-4-11(10)21-7)9(16-17-14)3-5-12(18)19/h2,4,6-7,9H,3,5H2,1H3,(H,15,20)(H,18,19). The molecule has 8 nitrogen and oxygen atoms in total. The van der Waals surface area contributed by atoms with Crippen molar-refractivity contribution in [1.29, 1.82) is 0 Å². The van der Waals surface area contributed by atoms with Crippen molar-refractivity contribution in [2.45, 2.75) is 31.9 Å². The van der Waals surface area contributed by atoms with E-state index in [2.05, 4.69) is 15.3 Å². The van der Waals surface area contributed by atoms with Crippen LogP contribution in [0.25, 0.3) is 10.4 Å². The zero-order chi connectivity index (χ0) is 15.4. The maximum Gasteiger partial charge on any atom is 0.303 e. The van der Waals surface area contributed by atoms with E-state index in [4.69, 9.17) is 15.4 Å². The van der Waals surface area contributed by atoms with Gasteiger partial charge >= 0.3 is 5.97 Å². The number of amides is 1. The number of anilines is 1. The molecule has 1 aromatic carbocycles. The number of rotatable bonds is 5. The van der Waals surface area contributed by atoms with Crippen LogP contribution in [0.5, 0.6) is 5.75 Å². The molecule has 0 aromatic heterocycles. The summed E-state index contributed by atoms with van der Waals surface area (Å²) in [4.78, 5) is 25.0. The molecule has 1 amide bonds. The molecule has 0 saturated carbocycles. The lowest BCUT2D eigenvalue weighted by atomic mass is 10.0. The second-order valence-corrected chi connectivity index (χ2v) is 4.66. The lowest BCUT2D eigenvalue weighted by Crippen LogP contribution is -2.34. The third-order valence-electron chi connectivity index (χ3n) is 3.14. The molecule has 1 heterocycles. The van der Waals surface area contributed by atoms with Crippen LogP contribution < -0.4 is 10.1 Å². The molecule has 21 heavy (non-hydrogen) atoms. The first-order valence-corrected chi connectivity index (χ1v) is 6.38. The van der Waals surface area contributed by atoms with Gasteiger partial charge in [-0.2, -0.15) is 0 Å². The zero-order valence-electron chi connectivity index (χ0n) is 11.3. The maximum atomic E-state index is 11.6. The fourth-order valence-electron chi connectivity index (χ4n) is 2.05. The van der Waals surface area contributed by atoms with Crippen molar-refractivity contribution < 1.29 is 19.4 Å². The Morgan fingerprint density at radius 1 is 1.62 bits per heavy atom. The van der Waals surface area contributed by atoms with Crippen molar-refractivity contribution in [2.75, 3.05) is 5.32 Å². The molecule has 0 fully saturated rings. The Morgan fingerprint density at radius 2 is 2.38 bits per heavy atom. The highest BCUT2D eigenvalue weighted by Crippen LogP contribution is 2.34. The SMILES string of the molecule is CC1Oc2ccc(C(CCC(=O)O)N=[N+]=[N-])cc2NC1=O. The summed E-state index contributed by atoms with van der Waals surface area (Å²) in [6, 6.07) is 4.40. The van der Waals surface area contributed by atoms with Crippen LogP contribution in [-0.4, -0.2) is 23.1 Å². The summed E-state index contributed by atoms with van der Waals surface area (Å²) in [6.45, 7) is 1.64. The smallest absolute Gasteiger partial charge is 0.303 e. The predicted molar refractivity (Wildman–Crippen MR) is 73.9 cm³/mol. The molecule has 1 aliphatic rings. The van der Waals surface area contributed by atoms with Crippen LogP contribution in [0.2, 0.25) is 0 Å². The van der Waals surface area contributed by atoms with Crippen LogP contribution in [0.1, 0.15) is 31.4 Å². The Labute approximate surface area is 120 Å². The number of fused-ring (bicyclic) bond motifs is 1. The molecule has 2 atom stereocenters. The van der Waals surface area contributed by atoms with Gasteiger partial charge in [0, 0.05) is 11.3 Å². The molecule has 0 bridgehead atoms. The highest BCUT2D eigenvalue weighted by Gasteiger charge is 2.24. The quantitative estimate of drug-likeness (QED) is 0.491. The molecule has 1 aliphatic heterocycles. The van der Waals surface area contributed by atoms with E-state index in [-0.39, 0.29) is 18.7 Å². The van der Waals surface area contributed by atoms with Gasteiger partial charge in [-0.25, -0.2) is 0 Å². The van der Waals surface area contributed by atoms with Crippen LogP contribution in [0.3, 0.4) is 0 Å². The predicted octanol–water partition coefficient (Wildman–Crippen LogP) is 2.62. The third kappa shape index (κ3) is 3.43. The summed E-state index contributed by atoms with van der Waals surface area (Å²) in [6.07, 6.45) is -0.493. The van der Waals surface area contributed by atoms with E-state index in [1.54, 1.807) is 25.1 Å². The third-order valence-corrected chi connectivity index (χ3v) is 3.14. The minimum Gasteiger partial charge on any atom is -0.481 e. The van der Waals surface area contributed by atoms with Crippen LogP contribution in [0.15, 0.2) is 23.3 Å². The van der Waals surface area contributed by atoms with Gasteiger partial charge in [0.2, 0.25) is 0 Å². The van der Waals surface area contributed by atoms with Gasteiger partial charge in [0.15, 0.2) is 6.10 Å². The van der Waals surface area contributed by atoms with E-state index in [0.717, 1.165) is 0 Å². The molecule has 0 radical (unpaired) electrons. The van der Waals surface area contributed by atoms with E-state index in [0.29, 0.717) is 17.0 Å². The minimum atomic E-state index is -0.962. The highest BCUT2D eigenvalue weighted by molar-refractivity contribution is 5.97. The van der Waals surface area contributed by atoms with E-state index >= 15 is 0 Å². The Morgan fingerprint density at radius 3 is 3.05 bits per heavy atom. The van der Waals surface area contributed by atoms with Gasteiger partial charge in [-0.1, -0.05) is 11.2 Å². The number of carboxylic acids is 1. The molecule has 2 rings (SSSR count). The number of hydrogen-bond acceptors (Lipinski definition) is 4. The maximum absolute atomic E-state index is 11.6. The summed E-state index contributed by atoms with van der Waals surface area (Å²) in [5, 5.41) is 15.0. The molecule has 2 N–H and O–H groups in total. The van der Waals surface area contributed by atoms with Crippen molar-refractivity contribution in [1.82, 2.24) is 0 Å². The summed E-state index contributed by atoms with van der Waals surface area (Å²) < 4.78 is 5.43. The minimum absolute atomic E-state index is 0.110. The number of aliphatic carboxylic acids is 1. The Kier molecular flexibility index (Phi) is 4.30. The fourth-order valence-corrected chi connectivity index (χ4v) is 2.05. The van der Waals surface area contributed by atoms with E-state index in [1.165, 1.54) is 0 Å². The van der Waals surface area contributed by atoms with Gasteiger partial charge in [-0.05, 0) is 36.6 Å². The normalized spacial score (nSPS) is 17.8. The largest absolute Gasteiger partial charge is 0.481 e. The molecule has 0 aliphatic carbocycles. The number of nitrogens with one attached hydrogen (secondary N) is 1. The number of carboxylic acid groups (broad SMARTS) is 1. The van der Waals surface area contributed by atoms with Gasteiger partial charge in [-0.15, -0.1) is 0 Å². The monoisotopic (exact) mass is 290 g/mol. The van der Waals surface area contributed by atoms with Gasteiger partial charge in [0.05, 0.1) is 11.7 Å². The molecular weight excluding hydrogens is 276 g/mol. The average Bonchev–Trinajstić information content (AvgIpc) is 2.44. The topological polar surface area (TPSA) is 124 Å². The number of carbonyl (C=O) groups is 2. The van der Waals surface area contributed by atoms with Crippen molar-refractivity contribution in [3.8, 4) is 5.75 Å². The van der Waals surface area contributed by atoms with Gasteiger partial charge < -0.3 is 15.2 Å². The second kappa shape index (κ2) is 6.15. The van der Waals surface area contributed by atoms with Gasteiger partial charge in [-0.3, -0.25) is 9.59 Å². The molecular formula is C13H14N4O4. The highest BCUT2D eigenvalue weighted by atomic mass is 16.5. The van der Waals surface area contributed by atoms with Gasteiger partial charge in [0.1, 0.15) is 5.75 Å². The average molecular weight is 290 g/mol. The Balaban J connectivity index is 2.26. The van der Waals surface area contributed by atoms with E-state index in [9.17, 15) is 9.59 Å². The van der Waals surface area contributed by atoms with Crippen molar-refractivity contribution in [2.24, 2.45) is 5.11 Å². The first kappa shape index (κ1) is 14.7. The van der Waals surface area contributed by atoms with Crippen LogP contribution in [-0.2, 0) is 9.59 Å². The number of azide groups is 1. The van der Waals surface area contributed by atoms with Crippen LogP contribution in [0.4, 0.5) is 5.69 Å². The summed E-state index contributed by atoms with van der Waals surface area (Å²) >= 11 is 0. The first-order valence-electron chi connectivity index (χ1n) is 6.38. The van der Waals surface area contributed by atoms with Crippen LogP contribution in [0, 0.1) is 0 Å². The second-order valence-electron chi connectivity index (χ2n) is 4.66.